The van der Waals surface area contributed by atoms with Gasteiger partial charge in [-0.2, -0.15) is 0 Å². The highest BCUT2D eigenvalue weighted by Crippen LogP contribution is 2.29. The lowest BCUT2D eigenvalue weighted by molar-refractivity contribution is -0.125. The van der Waals surface area contributed by atoms with Crippen molar-refractivity contribution in [2.45, 2.75) is 39.5 Å². The second kappa shape index (κ2) is 3.83. The molecule has 1 aliphatic carbocycles. The summed E-state index contributed by atoms with van der Waals surface area (Å²) in [5, 5.41) is 0. The molecule has 0 aliphatic heterocycles. The van der Waals surface area contributed by atoms with E-state index < -0.39 is 0 Å². The molecule has 0 N–H and O–H groups in total. The van der Waals surface area contributed by atoms with Crippen LogP contribution in [0.25, 0.3) is 0 Å². The van der Waals surface area contributed by atoms with Gasteiger partial charge in [0.05, 0.1) is 0 Å². The molecular formula is C10H16O2. The number of carbonyl (C=O) groups excluding carboxylic acids is 2. The maximum atomic E-state index is 11.1. The maximum Gasteiger partial charge on any atom is 0.132 e. The van der Waals surface area contributed by atoms with Crippen LogP contribution in [0, 0.1) is 11.8 Å². The highest BCUT2D eigenvalue weighted by molar-refractivity contribution is 5.82. The maximum absolute atomic E-state index is 11.1. The fourth-order valence-electron chi connectivity index (χ4n) is 1.93. The van der Waals surface area contributed by atoms with Crippen LogP contribution < -0.4 is 0 Å². The number of carbonyl (C=O) groups is 2. The summed E-state index contributed by atoms with van der Waals surface area (Å²) in [5.74, 6) is 0.821. The number of Topliss-reactive ketones (excluding diaryl/α,β-unsaturated/α-hetero) is 2. The minimum Gasteiger partial charge on any atom is -0.300 e. The van der Waals surface area contributed by atoms with E-state index in [-0.39, 0.29) is 23.4 Å². The van der Waals surface area contributed by atoms with Crippen LogP contribution in [0.1, 0.15) is 39.5 Å². The summed E-state index contributed by atoms with van der Waals surface area (Å²) in [6.45, 7) is 3.26. The van der Waals surface area contributed by atoms with Crippen molar-refractivity contribution in [3.8, 4) is 0 Å². The van der Waals surface area contributed by atoms with E-state index in [0.717, 1.165) is 25.7 Å². The van der Waals surface area contributed by atoms with Gasteiger partial charge in [0.1, 0.15) is 11.6 Å². The summed E-state index contributed by atoms with van der Waals surface area (Å²) in [6.07, 6.45) is 3.80. The molecule has 0 amide bonds. The van der Waals surface area contributed by atoms with Crippen molar-refractivity contribution in [1.82, 2.24) is 0 Å². The molecule has 1 aliphatic rings. The molecule has 12 heavy (non-hydrogen) atoms. The molecule has 1 fully saturated rings. The Kier molecular flexibility index (Phi) is 3.01. The molecule has 0 radical (unpaired) electrons. The van der Waals surface area contributed by atoms with Gasteiger partial charge in [0.15, 0.2) is 0 Å². The Morgan fingerprint density at radius 2 is 1.42 bits per heavy atom. The van der Waals surface area contributed by atoms with Gasteiger partial charge in [0.2, 0.25) is 0 Å². The van der Waals surface area contributed by atoms with Crippen molar-refractivity contribution in [3.05, 3.63) is 0 Å². The number of rotatable bonds is 2. The first-order valence-corrected chi connectivity index (χ1v) is 4.62. The molecule has 1 rings (SSSR count). The second-order valence-corrected chi connectivity index (χ2v) is 3.78. The number of hydrogen-bond acceptors (Lipinski definition) is 2. The quantitative estimate of drug-likeness (QED) is 0.631. The Labute approximate surface area is 73.3 Å². The first kappa shape index (κ1) is 9.43. The van der Waals surface area contributed by atoms with Crippen LogP contribution in [0.3, 0.4) is 0 Å². The molecule has 2 heteroatoms. The largest absolute Gasteiger partial charge is 0.300 e. The topological polar surface area (TPSA) is 34.1 Å². The number of hydrogen-bond donors (Lipinski definition) is 0. The minimum absolute atomic E-state index is 0.160. The molecule has 0 unspecified atom stereocenters. The molecule has 0 aromatic heterocycles. The van der Waals surface area contributed by atoms with E-state index in [9.17, 15) is 9.59 Å². The molecule has 0 heterocycles. The van der Waals surface area contributed by atoms with Crippen molar-refractivity contribution >= 4 is 11.6 Å². The predicted octanol–water partition coefficient (Wildman–Crippen LogP) is 1.97. The van der Waals surface area contributed by atoms with Crippen LogP contribution >= 0.6 is 0 Å². The van der Waals surface area contributed by atoms with Gasteiger partial charge in [-0.3, -0.25) is 9.59 Å². The van der Waals surface area contributed by atoms with Crippen molar-refractivity contribution < 1.29 is 9.59 Å². The third-order valence-corrected chi connectivity index (χ3v) is 2.82. The Hall–Kier alpha value is -0.660. The average molecular weight is 168 g/mol. The molecule has 2 nitrogen and oxygen atoms in total. The zero-order valence-electron chi connectivity index (χ0n) is 7.80. The number of ketones is 2. The molecular weight excluding hydrogens is 152 g/mol. The second-order valence-electron chi connectivity index (χ2n) is 3.78. The lowest BCUT2D eigenvalue weighted by Gasteiger charge is -2.25. The highest BCUT2D eigenvalue weighted by Gasteiger charge is 2.27. The van der Waals surface area contributed by atoms with E-state index in [1.54, 1.807) is 13.8 Å². The third-order valence-electron chi connectivity index (χ3n) is 2.82. The van der Waals surface area contributed by atoms with Crippen molar-refractivity contribution in [2.24, 2.45) is 11.8 Å². The smallest absolute Gasteiger partial charge is 0.132 e. The predicted molar refractivity (Wildman–Crippen MR) is 46.8 cm³/mol. The summed E-state index contributed by atoms with van der Waals surface area (Å²) >= 11 is 0. The standard InChI is InChI=1S/C10H16O2/c1-7(11)9-4-3-5-10(6-9)8(2)12/h9-10H,3-6H2,1-2H3/t9-,10+. The summed E-state index contributed by atoms with van der Waals surface area (Å²) in [4.78, 5) is 22.1. The third kappa shape index (κ3) is 2.16. The van der Waals surface area contributed by atoms with Crippen LogP contribution in [-0.4, -0.2) is 11.6 Å². The molecule has 0 saturated heterocycles. The van der Waals surface area contributed by atoms with Gasteiger partial charge in [0.25, 0.3) is 0 Å². The fourth-order valence-corrected chi connectivity index (χ4v) is 1.93. The van der Waals surface area contributed by atoms with Crippen LogP contribution in [0.4, 0.5) is 0 Å². The van der Waals surface area contributed by atoms with Crippen LogP contribution in [0.2, 0.25) is 0 Å². The van der Waals surface area contributed by atoms with Gasteiger partial charge in [-0.25, -0.2) is 0 Å². The summed E-state index contributed by atoms with van der Waals surface area (Å²) in [6, 6.07) is 0. The van der Waals surface area contributed by atoms with Gasteiger partial charge < -0.3 is 0 Å². The van der Waals surface area contributed by atoms with Crippen LogP contribution in [-0.2, 0) is 9.59 Å². The summed E-state index contributed by atoms with van der Waals surface area (Å²) < 4.78 is 0. The molecule has 68 valence electrons. The van der Waals surface area contributed by atoms with E-state index in [1.807, 2.05) is 0 Å². The van der Waals surface area contributed by atoms with Gasteiger partial charge >= 0.3 is 0 Å². The lowest BCUT2D eigenvalue weighted by atomic mass is 9.78. The molecule has 0 bridgehead atoms. The van der Waals surface area contributed by atoms with Gasteiger partial charge in [-0.05, 0) is 33.1 Å². The molecule has 0 spiro atoms. The average Bonchev–Trinajstić information content (AvgIpc) is 2.04. The zero-order chi connectivity index (χ0) is 9.14. The van der Waals surface area contributed by atoms with Crippen molar-refractivity contribution in [3.63, 3.8) is 0 Å². The van der Waals surface area contributed by atoms with E-state index in [2.05, 4.69) is 0 Å². The Morgan fingerprint density at radius 1 is 1.00 bits per heavy atom. The first-order valence-electron chi connectivity index (χ1n) is 4.62. The highest BCUT2D eigenvalue weighted by atomic mass is 16.1. The van der Waals surface area contributed by atoms with E-state index in [0.29, 0.717) is 0 Å². The first-order chi connectivity index (χ1) is 5.61. The van der Waals surface area contributed by atoms with E-state index in [4.69, 9.17) is 0 Å². The van der Waals surface area contributed by atoms with E-state index >= 15 is 0 Å². The Bertz CT molecular complexity index is 176. The van der Waals surface area contributed by atoms with Crippen LogP contribution in [0.15, 0.2) is 0 Å². The van der Waals surface area contributed by atoms with Crippen molar-refractivity contribution in [1.29, 1.82) is 0 Å². The lowest BCUT2D eigenvalue weighted by Crippen LogP contribution is -2.24. The van der Waals surface area contributed by atoms with Gasteiger partial charge in [0, 0.05) is 11.8 Å². The van der Waals surface area contributed by atoms with Gasteiger partial charge in [-0.15, -0.1) is 0 Å². The zero-order valence-corrected chi connectivity index (χ0v) is 7.80. The summed E-state index contributed by atoms with van der Waals surface area (Å²) in [5.41, 5.74) is 0. The Morgan fingerprint density at radius 3 is 1.75 bits per heavy atom. The molecule has 1 saturated carbocycles. The molecule has 2 atom stereocenters. The molecule has 0 aromatic carbocycles. The monoisotopic (exact) mass is 168 g/mol. The Balaban J connectivity index is 2.51. The normalized spacial score (nSPS) is 29.8. The minimum atomic E-state index is 0.160. The van der Waals surface area contributed by atoms with Crippen LogP contribution in [0.5, 0.6) is 0 Å². The molecule has 0 aromatic rings. The summed E-state index contributed by atoms with van der Waals surface area (Å²) in [7, 11) is 0. The van der Waals surface area contributed by atoms with Gasteiger partial charge in [-0.1, -0.05) is 6.42 Å². The van der Waals surface area contributed by atoms with E-state index in [1.165, 1.54) is 0 Å². The fraction of sp³-hybridized carbons (Fsp3) is 0.800. The SMILES string of the molecule is CC(=O)[C@@H]1CCC[C@H](C(C)=O)C1. The van der Waals surface area contributed by atoms with Crippen molar-refractivity contribution in [2.75, 3.05) is 0 Å².